The highest BCUT2D eigenvalue weighted by Crippen LogP contribution is 2.32. The van der Waals surface area contributed by atoms with E-state index in [4.69, 9.17) is 11.6 Å². The highest BCUT2D eigenvalue weighted by atomic mass is 35.5. The van der Waals surface area contributed by atoms with Crippen molar-refractivity contribution < 1.29 is 14.4 Å². The molecule has 8 heteroatoms. The molecule has 1 saturated heterocycles. The van der Waals surface area contributed by atoms with Crippen molar-refractivity contribution >= 4 is 40.8 Å². The molecular weight excluding hydrogens is 410 g/mol. The van der Waals surface area contributed by atoms with Crippen molar-refractivity contribution in [1.29, 1.82) is 0 Å². The normalized spacial score (nSPS) is 20.7. The fourth-order valence-electron chi connectivity index (χ4n) is 3.93. The summed E-state index contributed by atoms with van der Waals surface area (Å²) in [5.41, 5.74) is 2.13. The second-order valence-corrected chi connectivity index (χ2v) is 9.54. The second-order valence-electron chi connectivity index (χ2n) is 7.74. The summed E-state index contributed by atoms with van der Waals surface area (Å²) in [5, 5.41) is 2.79. The van der Waals surface area contributed by atoms with Crippen LogP contribution < -0.4 is 5.32 Å². The lowest BCUT2D eigenvalue weighted by Crippen LogP contribution is -2.43. The molecular formula is C21H22ClN3O3S. The van der Waals surface area contributed by atoms with Crippen molar-refractivity contribution in [2.45, 2.75) is 38.3 Å². The lowest BCUT2D eigenvalue weighted by Gasteiger charge is -2.24. The maximum absolute atomic E-state index is 13.1. The molecule has 0 radical (unpaired) electrons. The highest BCUT2D eigenvalue weighted by Gasteiger charge is 2.49. The van der Waals surface area contributed by atoms with Gasteiger partial charge in [-0.25, -0.2) is 4.79 Å². The van der Waals surface area contributed by atoms with E-state index in [2.05, 4.69) is 5.32 Å². The minimum absolute atomic E-state index is 0.291. The first-order chi connectivity index (χ1) is 13.8. The van der Waals surface area contributed by atoms with Crippen LogP contribution in [0.3, 0.4) is 0 Å². The smallest absolute Gasteiger partial charge is 0.325 e. The summed E-state index contributed by atoms with van der Waals surface area (Å²) in [6.45, 7) is 1.79. The predicted octanol–water partition coefficient (Wildman–Crippen LogP) is 3.32. The van der Waals surface area contributed by atoms with E-state index in [-0.39, 0.29) is 12.5 Å². The summed E-state index contributed by atoms with van der Waals surface area (Å²) < 4.78 is 0.653. The number of carbonyl (C=O) groups is 3. The fourth-order valence-corrected chi connectivity index (χ4v) is 5.07. The number of aryl methyl sites for hydroxylation is 2. The Bertz CT molecular complexity index is 1000. The number of amides is 4. The number of nitrogens with one attached hydrogen (secondary N) is 1. The van der Waals surface area contributed by atoms with Crippen LogP contribution in [0.2, 0.25) is 4.34 Å². The average molecular weight is 432 g/mol. The van der Waals surface area contributed by atoms with Gasteiger partial charge in [-0.3, -0.25) is 14.5 Å². The van der Waals surface area contributed by atoms with E-state index in [1.165, 1.54) is 27.4 Å². The first-order valence-corrected chi connectivity index (χ1v) is 10.7. The lowest BCUT2D eigenvalue weighted by atomic mass is 9.89. The Labute approximate surface area is 178 Å². The van der Waals surface area contributed by atoms with Crippen molar-refractivity contribution in [3.63, 3.8) is 0 Å². The average Bonchev–Trinajstić information content (AvgIpc) is 3.37. The summed E-state index contributed by atoms with van der Waals surface area (Å²) in [4.78, 5) is 41.7. The van der Waals surface area contributed by atoms with Crippen LogP contribution in [-0.4, -0.2) is 41.2 Å². The highest BCUT2D eigenvalue weighted by molar-refractivity contribution is 7.16. The molecule has 0 bridgehead atoms. The number of halogens is 1. The standard InChI is InChI=1S/C21H22ClN3O3S/c1-21(15-7-6-13-4-3-5-14(13)10-15)19(27)25(20(28)23-21)12-18(26)24(2)11-16-8-9-17(22)29-16/h6-10H,3-5,11-12H2,1-2H3,(H,23,28). The maximum atomic E-state index is 13.1. The summed E-state index contributed by atoms with van der Waals surface area (Å²) in [5.74, 6) is -0.711. The lowest BCUT2D eigenvalue weighted by molar-refractivity contribution is -0.138. The minimum atomic E-state index is -1.16. The summed E-state index contributed by atoms with van der Waals surface area (Å²) in [6.07, 6.45) is 3.15. The number of likely N-dealkylation sites (N-methyl/N-ethyl adjacent to an activating group) is 1. The number of nitrogens with zero attached hydrogens (tertiary/aromatic N) is 2. The van der Waals surface area contributed by atoms with Crippen molar-refractivity contribution in [2.75, 3.05) is 13.6 Å². The zero-order valence-corrected chi connectivity index (χ0v) is 17.9. The number of urea groups is 1. The molecule has 2 heterocycles. The monoisotopic (exact) mass is 431 g/mol. The van der Waals surface area contributed by atoms with Gasteiger partial charge in [0.1, 0.15) is 12.1 Å². The number of rotatable bonds is 5. The molecule has 2 aromatic rings. The summed E-state index contributed by atoms with van der Waals surface area (Å²) in [7, 11) is 1.65. The van der Waals surface area contributed by atoms with Crippen molar-refractivity contribution in [3.8, 4) is 0 Å². The van der Waals surface area contributed by atoms with Crippen LogP contribution in [0.5, 0.6) is 0 Å². The quantitative estimate of drug-likeness (QED) is 0.738. The molecule has 1 atom stereocenters. The van der Waals surface area contributed by atoms with Crippen LogP contribution in [0.1, 0.15) is 34.9 Å². The Balaban J connectivity index is 1.48. The second kappa shape index (κ2) is 7.46. The Morgan fingerprint density at radius 1 is 1.24 bits per heavy atom. The summed E-state index contributed by atoms with van der Waals surface area (Å²) >= 11 is 7.33. The molecule has 1 N–H and O–H groups in total. The SMILES string of the molecule is CN(Cc1ccc(Cl)s1)C(=O)CN1C(=O)NC(C)(c2ccc3c(c2)CCC3)C1=O. The molecule has 1 aromatic carbocycles. The van der Waals surface area contributed by atoms with Crippen LogP contribution in [0, 0.1) is 0 Å². The number of hydrogen-bond donors (Lipinski definition) is 1. The van der Waals surface area contributed by atoms with Gasteiger partial charge < -0.3 is 10.2 Å². The Kier molecular flexibility index (Phi) is 5.12. The van der Waals surface area contributed by atoms with E-state index >= 15 is 0 Å². The van der Waals surface area contributed by atoms with Gasteiger partial charge >= 0.3 is 6.03 Å². The van der Waals surface area contributed by atoms with Crippen LogP contribution in [-0.2, 0) is 34.5 Å². The van der Waals surface area contributed by atoms with Crippen LogP contribution in [0.4, 0.5) is 4.79 Å². The fraction of sp³-hybridized carbons (Fsp3) is 0.381. The third-order valence-electron chi connectivity index (χ3n) is 5.69. The summed E-state index contributed by atoms with van der Waals surface area (Å²) in [6, 6.07) is 9.04. The molecule has 2 aliphatic rings. The Morgan fingerprint density at radius 2 is 2.00 bits per heavy atom. The van der Waals surface area contributed by atoms with Gasteiger partial charge in [0.05, 0.1) is 10.9 Å². The van der Waals surface area contributed by atoms with Gasteiger partial charge in [0, 0.05) is 11.9 Å². The molecule has 0 saturated carbocycles. The van der Waals surface area contributed by atoms with Crippen molar-refractivity contribution in [3.05, 3.63) is 56.2 Å². The van der Waals surface area contributed by atoms with Crippen LogP contribution >= 0.6 is 22.9 Å². The van der Waals surface area contributed by atoms with E-state index in [0.717, 1.165) is 34.6 Å². The Hall–Kier alpha value is -2.38. The first kappa shape index (κ1) is 19.9. The molecule has 4 amide bonds. The molecule has 1 aliphatic heterocycles. The van der Waals surface area contributed by atoms with Crippen molar-refractivity contribution in [2.24, 2.45) is 0 Å². The predicted molar refractivity (Wildman–Crippen MR) is 112 cm³/mol. The number of thiophene rings is 1. The van der Waals surface area contributed by atoms with E-state index in [0.29, 0.717) is 10.9 Å². The van der Waals surface area contributed by atoms with Gasteiger partial charge in [0.2, 0.25) is 5.91 Å². The molecule has 1 aliphatic carbocycles. The van der Waals surface area contributed by atoms with Gasteiger partial charge in [-0.1, -0.05) is 29.8 Å². The molecule has 1 fully saturated rings. The number of benzene rings is 1. The number of carbonyl (C=O) groups excluding carboxylic acids is 3. The van der Waals surface area contributed by atoms with Gasteiger partial charge in [0.25, 0.3) is 5.91 Å². The first-order valence-electron chi connectivity index (χ1n) is 9.52. The van der Waals surface area contributed by atoms with Gasteiger partial charge in [0.15, 0.2) is 0 Å². The molecule has 6 nitrogen and oxygen atoms in total. The third-order valence-corrected chi connectivity index (χ3v) is 6.91. The maximum Gasteiger partial charge on any atom is 0.325 e. The largest absolute Gasteiger partial charge is 0.339 e. The topological polar surface area (TPSA) is 69.7 Å². The van der Waals surface area contributed by atoms with Crippen LogP contribution in [0.15, 0.2) is 30.3 Å². The zero-order chi connectivity index (χ0) is 20.8. The molecule has 1 unspecified atom stereocenters. The molecule has 1 aromatic heterocycles. The number of hydrogen-bond acceptors (Lipinski definition) is 4. The van der Waals surface area contributed by atoms with E-state index in [9.17, 15) is 14.4 Å². The van der Waals surface area contributed by atoms with Gasteiger partial charge in [-0.2, -0.15) is 0 Å². The van der Waals surface area contributed by atoms with E-state index in [1.807, 2.05) is 24.3 Å². The zero-order valence-electron chi connectivity index (χ0n) is 16.3. The third kappa shape index (κ3) is 3.65. The molecule has 4 rings (SSSR count). The van der Waals surface area contributed by atoms with E-state index in [1.54, 1.807) is 20.0 Å². The molecule has 29 heavy (non-hydrogen) atoms. The van der Waals surface area contributed by atoms with Gasteiger partial charge in [-0.15, -0.1) is 11.3 Å². The number of imide groups is 1. The van der Waals surface area contributed by atoms with Crippen molar-refractivity contribution in [1.82, 2.24) is 15.1 Å². The minimum Gasteiger partial charge on any atom is -0.339 e. The van der Waals surface area contributed by atoms with E-state index < -0.39 is 17.5 Å². The number of fused-ring (bicyclic) bond motifs is 1. The molecule has 0 spiro atoms. The Morgan fingerprint density at radius 3 is 2.72 bits per heavy atom. The molecule has 152 valence electrons. The van der Waals surface area contributed by atoms with Crippen LogP contribution in [0.25, 0.3) is 0 Å². The van der Waals surface area contributed by atoms with Gasteiger partial charge in [-0.05, 0) is 55.0 Å².